The highest BCUT2D eigenvalue weighted by molar-refractivity contribution is 6.36. The van der Waals surface area contributed by atoms with Crippen LogP contribution in [0.4, 0.5) is 23.1 Å². The molecule has 6 rings (SSSR count). The van der Waals surface area contributed by atoms with E-state index in [-0.39, 0.29) is 5.91 Å². The molecule has 0 saturated carbocycles. The van der Waals surface area contributed by atoms with E-state index in [2.05, 4.69) is 43.5 Å². The Bertz CT molecular complexity index is 1580. The summed E-state index contributed by atoms with van der Waals surface area (Å²) < 4.78 is 0. The van der Waals surface area contributed by atoms with Crippen LogP contribution >= 0.6 is 0 Å². The molecule has 1 aromatic carbocycles. The van der Waals surface area contributed by atoms with Gasteiger partial charge >= 0.3 is 0 Å². The van der Waals surface area contributed by atoms with Crippen LogP contribution in [0.3, 0.4) is 0 Å². The summed E-state index contributed by atoms with van der Waals surface area (Å²) in [5.74, 6) is 1.95. The third kappa shape index (κ3) is 4.42. The number of amidine groups is 1. The summed E-state index contributed by atoms with van der Waals surface area (Å²) in [6, 6.07) is 13.3. The Balaban J connectivity index is 1.34. The lowest BCUT2D eigenvalue weighted by atomic mass is 9.94. The largest absolute Gasteiger partial charge is 0.324 e. The normalized spacial score (nSPS) is 13.8. The van der Waals surface area contributed by atoms with Crippen LogP contribution < -0.4 is 15.5 Å². The van der Waals surface area contributed by atoms with Crippen molar-refractivity contribution in [2.24, 2.45) is 4.99 Å². The monoisotopic (exact) mass is 488 g/mol. The maximum Gasteiger partial charge on any atom is 0.274 e. The molecular weight excluding hydrogens is 464 g/mol. The van der Waals surface area contributed by atoms with Crippen LogP contribution in [0, 0.1) is 13.8 Å². The van der Waals surface area contributed by atoms with Crippen LogP contribution in [0.15, 0.2) is 72.2 Å². The quantitative estimate of drug-likeness (QED) is 0.421. The van der Waals surface area contributed by atoms with Gasteiger partial charge in [0, 0.05) is 53.8 Å². The van der Waals surface area contributed by atoms with Crippen molar-refractivity contribution in [2.45, 2.75) is 13.8 Å². The van der Waals surface area contributed by atoms with Crippen molar-refractivity contribution in [3.8, 4) is 0 Å². The second-order valence-corrected chi connectivity index (χ2v) is 8.95. The molecular formula is C28H24N8O. The van der Waals surface area contributed by atoms with Crippen LogP contribution in [0.5, 0.6) is 0 Å². The minimum Gasteiger partial charge on any atom is -0.324 e. The average molecular weight is 489 g/mol. The first-order valence-electron chi connectivity index (χ1n) is 12.0. The Morgan fingerprint density at radius 3 is 2.68 bits per heavy atom. The number of hydrogen-bond donors (Lipinski definition) is 2. The number of pyridine rings is 2. The highest BCUT2D eigenvalue weighted by Crippen LogP contribution is 2.37. The van der Waals surface area contributed by atoms with Gasteiger partial charge in [-0.05, 0) is 73.0 Å². The van der Waals surface area contributed by atoms with Gasteiger partial charge in [0.15, 0.2) is 0 Å². The molecule has 3 aromatic heterocycles. The minimum absolute atomic E-state index is 0.246. The molecule has 0 bridgehead atoms. The van der Waals surface area contributed by atoms with Crippen molar-refractivity contribution in [3.05, 3.63) is 95.2 Å². The van der Waals surface area contributed by atoms with E-state index in [4.69, 9.17) is 9.98 Å². The molecule has 4 aromatic rings. The Morgan fingerprint density at radius 2 is 1.84 bits per heavy atom. The van der Waals surface area contributed by atoms with Crippen molar-refractivity contribution in [1.82, 2.24) is 19.9 Å². The highest BCUT2D eigenvalue weighted by Gasteiger charge is 2.31. The molecule has 0 unspecified atom stereocenters. The van der Waals surface area contributed by atoms with Gasteiger partial charge in [0.25, 0.3) is 5.91 Å². The summed E-state index contributed by atoms with van der Waals surface area (Å²) in [6.07, 6.45) is 8.98. The summed E-state index contributed by atoms with van der Waals surface area (Å²) >= 11 is 0. The van der Waals surface area contributed by atoms with Crippen LogP contribution in [0.25, 0.3) is 11.6 Å². The van der Waals surface area contributed by atoms with Crippen molar-refractivity contribution in [2.75, 3.05) is 28.6 Å². The van der Waals surface area contributed by atoms with Gasteiger partial charge in [0.1, 0.15) is 17.3 Å². The molecule has 0 spiro atoms. The van der Waals surface area contributed by atoms with Gasteiger partial charge in [-0.25, -0.2) is 4.98 Å². The number of nitrogens with one attached hydrogen (secondary N) is 2. The van der Waals surface area contributed by atoms with Crippen molar-refractivity contribution in [1.29, 1.82) is 0 Å². The first-order valence-corrected chi connectivity index (χ1v) is 12.0. The molecule has 0 saturated heterocycles. The Hall–Kier alpha value is -4.92. The number of rotatable bonds is 5. The zero-order valence-electron chi connectivity index (χ0n) is 20.4. The first kappa shape index (κ1) is 22.5. The van der Waals surface area contributed by atoms with E-state index < -0.39 is 0 Å². The lowest BCUT2D eigenvalue weighted by Gasteiger charge is -2.28. The van der Waals surface area contributed by atoms with Crippen LogP contribution in [-0.2, 0) is 0 Å². The molecule has 2 N–H and O–H groups in total. The molecule has 0 radical (unpaired) electrons. The van der Waals surface area contributed by atoms with Gasteiger partial charge in [0.05, 0.1) is 6.54 Å². The zero-order valence-corrected chi connectivity index (χ0v) is 20.4. The number of carbonyl (C=O) groups excluding carboxylic acids is 1. The molecule has 2 aliphatic rings. The molecule has 1 amide bonds. The van der Waals surface area contributed by atoms with E-state index >= 15 is 0 Å². The van der Waals surface area contributed by atoms with Crippen LogP contribution in [0.1, 0.15) is 32.7 Å². The maximum absolute atomic E-state index is 12.8. The van der Waals surface area contributed by atoms with Gasteiger partial charge in [-0.3, -0.25) is 19.8 Å². The minimum atomic E-state index is -0.246. The summed E-state index contributed by atoms with van der Waals surface area (Å²) in [7, 11) is 0. The lowest BCUT2D eigenvalue weighted by Crippen LogP contribution is -2.32. The van der Waals surface area contributed by atoms with Crippen LogP contribution in [0.2, 0.25) is 0 Å². The van der Waals surface area contributed by atoms with E-state index in [9.17, 15) is 4.79 Å². The summed E-state index contributed by atoms with van der Waals surface area (Å²) in [4.78, 5) is 37.3. The standard InChI is InChI=1S/C28H24N8O/c1-17-5-10-30-24(13-17)27(37)33-21-4-3-18(2)22(15-21)23-14-19-16-32-28(34-20-6-8-29-9-7-20)35-25(19)36-12-11-31-26(23)36/h3-10,13-16H,11-12H2,1-2H3,(H,33,37)(H,29,32,34,35). The van der Waals surface area contributed by atoms with Crippen LogP contribution in [-0.4, -0.2) is 44.8 Å². The number of nitrogens with zero attached hydrogens (tertiary/aromatic N) is 6. The fourth-order valence-corrected chi connectivity index (χ4v) is 4.47. The number of amides is 1. The fourth-order valence-electron chi connectivity index (χ4n) is 4.47. The molecule has 0 fully saturated rings. The number of fused-ring (bicyclic) bond motifs is 3. The fraction of sp³-hybridized carbons (Fsp3) is 0.143. The van der Waals surface area contributed by atoms with Gasteiger partial charge in [-0.1, -0.05) is 6.07 Å². The Morgan fingerprint density at radius 1 is 0.973 bits per heavy atom. The zero-order chi connectivity index (χ0) is 25.4. The molecule has 2 aliphatic heterocycles. The van der Waals surface area contributed by atoms with E-state index in [0.717, 1.165) is 51.7 Å². The smallest absolute Gasteiger partial charge is 0.274 e. The molecule has 0 aliphatic carbocycles. The second kappa shape index (κ2) is 9.27. The molecule has 0 atom stereocenters. The van der Waals surface area contributed by atoms with Crippen molar-refractivity contribution < 1.29 is 4.79 Å². The number of hydrogen-bond acceptors (Lipinski definition) is 8. The number of aryl methyl sites for hydroxylation is 2. The van der Waals surface area contributed by atoms with Crippen molar-refractivity contribution in [3.63, 3.8) is 0 Å². The number of aromatic nitrogens is 4. The Labute approximate surface area is 214 Å². The van der Waals surface area contributed by atoms with Gasteiger partial charge in [0.2, 0.25) is 5.95 Å². The van der Waals surface area contributed by atoms with Gasteiger partial charge < -0.3 is 15.5 Å². The number of anilines is 4. The van der Waals surface area contributed by atoms with E-state index in [1.165, 1.54) is 0 Å². The van der Waals surface area contributed by atoms with Gasteiger partial charge in [-0.2, -0.15) is 4.98 Å². The third-order valence-electron chi connectivity index (χ3n) is 6.30. The lowest BCUT2D eigenvalue weighted by molar-refractivity contribution is 0.102. The maximum atomic E-state index is 12.8. The second-order valence-electron chi connectivity index (χ2n) is 8.95. The highest BCUT2D eigenvalue weighted by atomic mass is 16.1. The number of carbonyl (C=O) groups is 1. The molecule has 9 nitrogen and oxygen atoms in total. The molecule has 182 valence electrons. The average Bonchev–Trinajstić information content (AvgIpc) is 3.41. The summed E-state index contributed by atoms with van der Waals surface area (Å²) in [6.45, 7) is 5.40. The molecule has 5 heterocycles. The SMILES string of the molecule is Cc1ccnc(C(=O)Nc2ccc(C)c(C3=Cc4cnc(Nc5ccncc5)nc4N4CCN=C34)c2)c1. The summed E-state index contributed by atoms with van der Waals surface area (Å²) in [5.41, 5.74) is 6.88. The first-order chi connectivity index (χ1) is 18.0. The summed E-state index contributed by atoms with van der Waals surface area (Å²) in [5, 5.41) is 6.22. The number of benzene rings is 1. The topological polar surface area (TPSA) is 108 Å². The number of aliphatic imine (C=N–C) groups is 1. The Kier molecular flexibility index (Phi) is 5.65. The predicted octanol–water partition coefficient (Wildman–Crippen LogP) is 4.65. The van der Waals surface area contributed by atoms with Crippen molar-refractivity contribution >= 4 is 46.5 Å². The molecule has 9 heteroatoms. The molecule has 37 heavy (non-hydrogen) atoms. The third-order valence-corrected chi connectivity index (χ3v) is 6.30. The predicted molar refractivity (Wildman–Crippen MR) is 145 cm³/mol. The van der Waals surface area contributed by atoms with E-state index in [0.29, 0.717) is 23.9 Å². The van der Waals surface area contributed by atoms with Gasteiger partial charge in [-0.15, -0.1) is 0 Å². The van der Waals surface area contributed by atoms with E-state index in [1.54, 1.807) is 24.7 Å². The van der Waals surface area contributed by atoms with E-state index in [1.807, 2.05) is 49.5 Å².